The maximum absolute atomic E-state index is 12.9. The third kappa shape index (κ3) is 2.07. The van der Waals surface area contributed by atoms with Crippen molar-refractivity contribution in [2.24, 2.45) is 0 Å². The van der Waals surface area contributed by atoms with Crippen LogP contribution in [0.2, 0.25) is 0 Å². The van der Waals surface area contributed by atoms with Gasteiger partial charge in [0.25, 0.3) is 11.9 Å². The average Bonchev–Trinajstić information content (AvgIpc) is 3.10. The predicted octanol–water partition coefficient (Wildman–Crippen LogP) is 2.26. The van der Waals surface area contributed by atoms with E-state index in [9.17, 15) is 14.9 Å². The van der Waals surface area contributed by atoms with E-state index in [2.05, 4.69) is 10.6 Å². The fourth-order valence-corrected chi connectivity index (χ4v) is 4.46. The zero-order chi connectivity index (χ0) is 18.5. The molecule has 0 bridgehead atoms. The highest BCUT2D eigenvalue weighted by Gasteiger charge is 2.67. The van der Waals surface area contributed by atoms with E-state index in [1.54, 1.807) is 37.4 Å². The number of nitro groups is 1. The molecule has 0 aromatic heterocycles. The molecule has 0 unspecified atom stereocenters. The third-order valence-corrected chi connectivity index (χ3v) is 5.46. The van der Waals surface area contributed by atoms with Crippen molar-refractivity contribution in [2.45, 2.75) is 30.5 Å². The molecule has 2 aliphatic rings. The molecular formula is C19H19N3O4. The Balaban J connectivity index is 1.92. The highest BCUT2D eigenvalue weighted by Crippen LogP contribution is 2.50. The first-order chi connectivity index (χ1) is 12.5. The Kier molecular flexibility index (Phi) is 3.69. The number of methoxy groups -OCH3 is 1. The van der Waals surface area contributed by atoms with E-state index in [4.69, 9.17) is 4.74 Å². The van der Waals surface area contributed by atoms with Crippen molar-refractivity contribution >= 4 is 11.6 Å². The second-order valence-electron chi connectivity index (χ2n) is 6.74. The van der Waals surface area contributed by atoms with Gasteiger partial charge in [0.05, 0.1) is 13.0 Å². The summed E-state index contributed by atoms with van der Waals surface area (Å²) in [5.41, 5.74) is 0.566. The third-order valence-electron chi connectivity index (χ3n) is 5.46. The first-order valence-electron chi connectivity index (χ1n) is 8.45. The van der Waals surface area contributed by atoms with E-state index in [0.717, 1.165) is 5.56 Å². The Morgan fingerprint density at radius 1 is 1.15 bits per heavy atom. The summed E-state index contributed by atoms with van der Waals surface area (Å²) in [7, 11) is 1.54. The average molecular weight is 353 g/mol. The van der Waals surface area contributed by atoms with Crippen LogP contribution in [0.25, 0.3) is 0 Å². The van der Waals surface area contributed by atoms with Crippen LogP contribution in [0.1, 0.15) is 24.0 Å². The standard InChI is InChI=1S/C19H19N3O4/c1-11-16(12-7-3-6-10-15(12)26-2)17(22(24)25)19(21-11)13-8-4-5-9-14(13)20-18(19)23/h3-11,16-17,21H,1-2H3,(H,20,23)/t11-,16-,17+,19+/m0/s1. The molecule has 0 aliphatic carbocycles. The lowest BCUT2D eigenvalue weighted by molar-refractivity contribution is -0.532. The number of rotatable bonds is 3. The van der Waals surface area contributed by atoms with E-state index in [1.807, 2.05) is 25.1 Å². The molecule has 1 amide bonds. The highest BCUT2D eigenvalue weighted by molar-refractivity contribution is 6.07. The van der Waals surface area contributed by atoms with E-state index in [1.165, 1.54) is 0 Å². The quantitative estimate of drug-likeness (QED) is 0.652. The summed E-state index contributed by atoms with van der Waals surface area (Å²) in [6.45, 7) is 1.87. The molecule has 0 saturated carbocycles. The molecule has 2 aromatic rings. The van der Waals surface area contributed by atoms with Crippen molar-refractivity contribution in [1.29, 1.82) is 0 Å². The molecule has 1 spiro atoms. The number of ether oxygens (including phenoxy) is 1. The fourth-order valence-electron chi connectivity index (χ4n) is 4.46. The van der Waals surface area contributed by atoms with Gasteiger partial charge in [-0.3, -0.25) is 20.2 Å². The number of nitrogens with one attached hydrogen (secondary N) is 2. The van der Waals surface area contributed by atoms with Crippen molar-refractivity contribution < 1.29 is 14.5 Å². The summed E-state index contributed by atoms with van der Waals surface area (Å²) in [6.07, 6.45) is 0. The van der Waals surface area contributed by atoms with Crippen molar-refractivity contribution in [3.63, 3.8) is 0 Å². The topological polar surface area (TPSA) is 93.5 Å². The number of nitrogens with zero attached hydrogens (tertiary/aromatic N) is 1. The molecule has 134 valence electrons. The number of para-hydroxylation sites is 2. The minimum absolute atomic E-state index is 0.293. The zero-order valence-electron chi connectivity index (χ0n) is 14.4. The number of anilines is 1. The Hall–Kier alpha value is -2.93. The van der Waals surface area contributed by atoms with Crippen molar-refractivity contribution in [1.82, 2.24) is 5.32 Å². The van der Waals surface area contributed by atoms with Gasteiger partial charge in [-0.25, -0.2) is 0 Å². The zero-order valence-corrected chi connectivity index (χ0v) is 14.4. The summed E-state index contributed by atoms with van der Waals surface area (Å²) in [6, 6.07) is 12.9. The molecule has 0 radical (unpaired) electrons. The molecule has 2 heterocycles. The van der Waals surface area contributed by atoms with E-state index in [0.29, 0.717) is 17.0 Å². The van der Waals surface area contributed by atoms with Crippen LogP contribution in [0.3, 0.4) is 0 Å². The van der Waals surface area contributed by atoms with E-state index < -0.39 is 17.5 Å². The molecule has 2 N–H and O–H groups in total. The molecule has 1 saturated heterocycles. The largest absolute Gasteiger partial charge is 0.496 e. The molecular weight excluding hydrogens is 334 g/mol. The van der Waals surface area contributed by atoms with Gasteiger partial charge in [-0.2, -0.15) is 0 Å². The van der Waals surface area contributed by atoms with Crippen molar-refractivity contribution in [2.75, 3.05) is 12.4 Å². The fraction of sp³-hybridized carbons (Fsp3) is 0.316. The van der Waals surface area contributed by atoms with Gasteiger partial charge in [-0.05, 0) is 19.1 Å². The maximum atomic E-state index is 12.9. The number of fused-ring (bicyclic) bond motifs is 2. The summed E-state index contributed by atoms with van der Waals surface area (Å²) < 4.78 is 5.43. The van der Waals surface area contributed by atoms with Crippen LogP contribution in [-0.4, -0.2) is 30.0 Å². The van der Waals surface area contributed by atoms with Gasteiger partial charge in [0.1, 0.15) is 5.75 Å². The van der Waals surface area contributed by atoms with Crippen LogP contribution in [0.5, 0.6) is 5.75 Å². The monoisotopic (exact) mass is 353 g/mol. The molecule has 2 aromatic carbocycles. The van der Waals surface area contributed by atoms with Crippen LogP contribution in [0, 0.1) is 10.1 Å². The summed E-state index contributed by atoms with van der Waals surface area (Å²) in [5, 5.41) is 18.2. The van der Waals surface area contributed by atoms with Crippen molar-refractivity contribution in [3.8, 4) is 5.75 Å². The van der Waals surface area contributed by atoms with Crippen LogP contribution in [0.4, 0.5) is 5.69 Å². The summed E-state index contributed by atoms with van der Waals surface area (Å²) in [5.74, 6) is -0.315. The minimum atomic E-state index is -1.40. The second kappa shape index (κ2) is 5.81. The molecule has 26 heavy (non-hydrogen) atoms. The predicted molar refractivity (Wildman–Crippen MR) is 95.9 cm³/mol. The highest BCUT2D eigenvalue weighted by atomic mass is 16.6. The molecule has 2 aliphatic heterocycles. The SMILES string of the molecule is COc1ccccc1[C@@H]1[C@H](C)N[C@@]2(C(=O)Nc3ccccc32)[C@@H]1[N+](=O)[O-]. The Bertz CT molecular complexity index is 900. The molecule has 1 fully saturated rings. The smallest absolute Gasteiger partial charge is 0.256 e. The summed E-state index contributed by atoms with van der Waals surface area (Å²) in [4.78, 5) is 24.8. The number of amides is 1. The Morgan fingerprint density at radius 2 is 1.85 bits per heavy atom. The number of hydrogen-bond donors (Lipinski definition) is 2. The van der Waals surface area contributed by atoms with Crippen LogP contribution in [-0.2, 0) is 10.3 Å². The normalized spacial score (nSPS) is 29.5. The second-order valence-corrected chi connectivity index (χ2v) is 6.74. The Labute approximate surface area is 150 Å². The van der Waals surface area contributed by atoms with Gasteiger partial charge in [-0.15, -0.1) is 0 Å². The number of hydrogen-bond acceptors (Lipinski definition) is 5. The van der Waals surface area contributed by atoms with Gasteiger partial charge >= 0.3 is 0 Å². The van der Waals surface area contributed by atoms with Gasteiger partial charge in [0.2, 0.25) is 0 Å². The van der Waals surface area contributed by atoms with E-state index >= 15 is 0 Å². The summed E-state index contributed by atoms with van der Waals surface area (Å²) >= 11 is 0. The van der Waals surface area contributed by atoms with Gasteiger partial charge in [-0.1, -0.05) is 36.4 Å². The van der Waals surface area contributed by atoms with Crippen LogP contribution >= 0.6 is 0 Å². The van der Waals surface area contributed by atoms with Gasteiger partial charge < -0.3 is 10.1 Å². The number of benzene rings is 2. The first-order valence-corrected chi connectivity index (χ1v) is 8.45. The van der Waals surface area contributed by atoms with Crippen LogP contribution < -0.4 is 15.4 Å². The van der Waals surface area contributed by atoms with Crippen molar-refractivity contribution in [3.05, 3.63) is 69.8 Å². The molecule has 7 nitrogen and oxygen atoms in total. The molecule has 4 rings (SSSR count). The lowest BCUT2D eigenvalue weighted by Gasteiger charge is -2.25. The lowest BCUT2D eigenvalue weighted by atomic mass is 9.78. The first kappa shape index (κ1) is 16.5. The minimum Gasteiger partial charge on any atom is -0.496 e. The number of carbonyl (C=O) groups is 1. The Morgan fingerprint density at radius 3 is 2.58 bits per heavy atom. The van der Waals surface area contributed by atoms with E-state index in [-0.39, 0.29) is 16.9 Å². The van der Waals surface area contributed by atoms with Crippen LogP contribution in [0.15, 0.2) is 48.5 Å². The molecule has 7 heteroatoms. The maximum Gasteiger partial charge on any atom is 0.256 e. The lowest BCUT2D eigenvalue weighted by Crippen LogP contribution is -2.54. The van der Waals surface area contributed by atoms with Gasteiger partial charge in [0, 0.05) is 27.8 Å². The van der Waals surface area contributed by atoms with Gasteiger partial charge in [0.15, 0.2) is 5.54 Å². The molecule has 4 atom stereocenters. The number of carbonyl (C=O) groups excluding carboxylic acids is 1.